The van der Waals surface area contributed by atoms with Crippen LogP contribution in [0, 0.1) is 0 Å². The van der Waals surface area contributed by atoms with Gasteiger partial charge in [0.15, 0.2) is 6.04 Å². The third-order valence-corrected chi connectivity index (χ3v) is 5.75. The number of primary amides is 1. The molecule has 1 fully saturated rings. The van der Waals surface area contributed by atoms with Gasteiger partial charge in [0.1, 0.15) is 18.1 Å². The van der Waals surface area contributed by atoms with Crippen molar-refractivity contribution >= 4 is 28.2 Å². The molecule has 2 amide bonds. The molecule has 7 heteroatoms. The molecule has 0 saturated carbocycles. The molecular formula is C15H22N3O3S+. The van der Waals surface area contributed by atoms with E-state index in [-0.39, 0.29) is 11.9 Å². The van der Waals surface area contributed by atoms with Crippen LogP contribution in [-0.2, 0) is 22.4 Å². The van der Waals surface area contributed by atoms with E-state index >= 15 is 0 Å². The smallest absolute Gasteiger partial charge is 0.282 e. The number of nitrogens with two attached hydrogens (primary N) is 1. The monoisotopic (exact) mass is 324 g/mol. The molecule has 2 aliphatic rings. The molecule has 1 aliphatic heterocycles. The fraction of sp³-hybridized carbons (Fsp3) is 0.600. The summed E-state index contributed by atoms with van der Waals surface area (Å²) in [7, 11) is 0. The van der Waals surface area contributed by atoms with Crippen molar-refractivity contribution < 1.29 is 19.2 Å². The number of carbonyl (C=O) groups is 2. The second kappa shape index (κ2) is 6.36. The van der Waals surface area contributed by atoms with Gasteiger partial charge in [0, 0.05) is 4.88 Å². The Morgan fingerprint density at radius 1 is 1.32 bits per heavy atom. The second-order valence-corrected chi connectivity index (χ2v) is 7.01. The Bertz CT molecular complexity index is 593. The Morgan fingerprint density at radius 3 is 2.73 bits per heavy atom. The third kappa shape index (κ3) is 2.88. The summed E-state index contributed by atoms with van der Waals surface area (Å²) in [4.78, 5) is 26.7. The Morgan fingerprint density at radius 2 is 2.05 bits per heavy atom. The standard InChI is InChI=1S/C15H21N3O3S/c1-9(18-5-7-21-8-6-18)14(20)17-15-12(13(16)19)10-3-2-4-11(10)22-15/h9H,2-8H2,1H3,(H2,16,19)(H,17,20)/p+1/t9-/m1/s1. The molecule has 0 radical (unpaired) electrons. The first-order valence-corrected chi connectivity index (χ1v) is 8.57. The van der Waals surface area contributed by atoms with Crippen molar-refractivity contribution in [1.29, 1.82) is 0 Å². The van der Waals surface area contributed by atoms with Crippen molar-refractivity contribution in [2.24, 2.45) is 5.73 Å². The van der Waals surface area contributed by atoms with Gasteiger partial charge in [-0.3, -0.25) is 9.59 Å². The maximum Gasteiger partial charge on any atom is 0.282 e. The zero-order valence-corrected chi connectivity index (χ0v) is 13.6. The molecule has 3 rings (SSSR count). The number of aryl methyl sites for hydroxylation is 1. The van der Waals surface area contributed by atoms with Gasteiger partial charge in [-0.25, -0.2) is 0 Å². The fourth-order valence-corrected chi connectivity index (χ4v) is 4.52. The number of morpholine rings is 1. The van der Waals surface area contributed by atoms with Gasteiger partial charge >= 0.3 is 0 Å². The number of carbonyl (C=O) groups excluding carboxylic acids is 2. The highest BCUT2D eigenvalue weighted by molar-refractivity contribution is 7.17. The molecule has 1 aliphatic carbocycles. The minimum Gasteiger partial charge on any atom is -0.370 e. The van der Waals surface area contributed by atoms with Crippen molar-refractivity contribution in [2.45, 2.75) is 32.2 Å². The number of fused-ring (bicyclic) bond motifs is 1. The van der Waals surface area contributed by atoms with E-state index in [0.717, 1.165) is 37.9 Å². The lowest BCUT2D eigenvalue weighted by molar-refractivity contribution is -0.921. The van der Waals surface area contributed by atoms with Crippen LogP contribution in [-0.4, -0.2) is 44.2 Å². The van der Waals surface area contributed by atoms with Crippen LogP contribution in [0.2, 0.25) is 0 Å². The van der Waals surface area contributed by atoms with Crippen molar-refractivity contribution in [3.05, 3.63) is 16.0 Å². The summed E-state index contributed by atoms with van der Waals surface area (Å²) in [6.45, 7) is 4.96. The maximum absolute atomic E-state index is 12.5. The SMILES string of the molecule is C[C@H](C(=O)Nc1sc2c(c1C(N)=O)CCC2)[NH+]1CCOCC1. The largest absolute Gasteiger partial charge is 0.370 e. The summed E-state index contributed by atoms with van der Waals surface area (Å²) in [5.41, 5.74) is 7.09. The summed E-state index contributed by atoms with van der Waals surface area (Å²) in [6.07, 6.45) is 2.91. The van der Waals surface area contributed by atoms with E-state index in [1.165, 1.54) is 21.1 Å². The summed E-state index contributed by atoms with van der Waals surface area (Å²) >= 11 is 1.50. The normalized spacial score (nSPS) is 19.7. The Kier molecular flexibility index (Phi) is 4.46. The van der Waals surface area contributed by atoms with E-state index in [2.05, 4.69) is 5.32 Å². The van der Waals surface area contributed by atoms with Crippen molar-refractivity contribution in [3.8, 4) is 0 Å². The number of hydrogen-bond acceptors (Lipinski definition) is 4. The molecule has 0 unspecified atom stereocenters. The number of amides is 2. The first-order valence-electron chi connectivity index (χ1n) is 7.75. The highest BCUT2D eigenvalue weighted by Crippen LogP contribution is 2.38. The summed E-state index contributed by atoms with van der Waals surface area (Å²) in [5, 5.41) is 3.56. The molecule has 6 nitrogen and oxygen atoms in total. The zero-order chi connectivity index (χ0) is 15.7. The molecule has 22 heavy (non-hydrogen) atoms. The van der Waals surface area contributed by atoms with Crippen LogP contribution in [0.15, 0.2) is 0 Å². The van der Waals surface area contributed by atoms with Crippen molar-refractivity contribution in [3.63, 3.8) is 0 Å². The van der Waals surface area contributed by atoms with Gasteiger partial charge in [0.2, 0.25) is 0 Å². The number of rotatable bonds is 4. The Balaban J connectivity index is 1.75. The minimum atomic E-state index is -0.443. The summed E-state index contributed by atoms with van der Waals surface area (Å²) in [6, 6.07) is -0.165. The number of quaternary nitrogens is 1. The molecule has 1 atom stereocenters. The van der Waals surface area contributed by atoms with E-state index in [1.807, 2.05) is 6.92 Å². The lowest BCUT2D eigenvalue weighted by Gasteiger charge is -2.28. The molecule has 0 spiro atoms. The van der Waals surface area contributed by atoms with Gasteiger partial charge in [0.05, 0.1) is 18.8 Å². The van der Waals surface area contributed by atoms with Crippen molar-refractivity contribution in [2.75, 3.05) is 31.6 Å². The van der Waals surface area contributed by atoms with Crippen molar-refractivity contribution in [1.82, 2.24) is 0 Å². The second-order valence-electron chi connectivity index (χ2n) is 5.91. The van der Waals surface area contributed by atoms with E-state index in [9.17, 15) is 9.59 Å². The van der Waals surface area contributed by atoms with Crippen LogP contribution in [0.4, 0.5) is 5.00 Å². The predicted molar refractivity (Wildman–Crippen MR) is 84.5 cm³/mol. The minimum absolute atomic E-state index is 0.0562. The molecule has 0 aromatic carbocycles. The first-order chi connectivity index (χ1) is 10.6. The van der Waals surface area contributed by atoms with Crippen LogP contribution < -0.4 is 16.0 Å². The summed E-state index contributed by atoms with van der Waals surface area (Å²) < 4.78 is 5.33. The highest BCUT2D eigenvalue weighted by Gasteiger charge is 2.30. The van der Waals surface area contributed by atoms with Gasteiger partial charge in [-0.2, -0.15) is 0 Å². The van der Waals surface area contributed by atoms with E-state index in [0.29, 0.717) is 23.8 Å². The lowest BCUT2D eigenvalue weighted by Crippen LogP contribution is -3.18. The molecule has 1 saturated heterocycles. The average Bonchev–Trinajstić information content (AvgIpc) is 3.07. The Hall–Kier alpha value is -1.44. The highest BCUT2D eigenvalue weighted by atomic mass is 32.1. The molecule has 0 bridgehead atoms. The maximum atomic E-state index is 12.5. The molecular weight excluding hydrogens is 302 g/mol. The number of thiophene rings is 1. The summed E-state index contributed by atoms with van der Waals surface area (Å²) in [5.74, 6) is -0.500. The van der Waals surface area contributed by atoms with Gasteiger partial charge in [-0.05, 0) is 31.7 Å². The van der Waals surface area contributed by atoms with E-state index in [4.69, 9.17) is 10.5 Å². The number of nitrogens with one attached hydrogen (secondary N) is 2. The topological polar surface area (TPSA) is 85.9 Å². The zero-order valence-electron chi connectivity index (χ0n) is 12.7. The molecule has 1 aromatic heterocycles. The predicted octanol–water partition coefficient (Wildman–Crippen LogP) is -0.422. The quantitative estimate of drug-likeness (QED) is 0.703. The first kappa shape index (κ1) is 15.5. The fourth-order valence-electron chi connectivity index (χ4n) is 3.23. The molecule has 1 aromatic rings. The third-order valence-electron chi connectivity index (χ3n) is 4.55. The molecule has 2 heterocycles. The Labute approximate surface area is 133 Å². The van der Waals surface area contributed by atoms with Gasteiger partial charge < -0.3 is 20.7 Å². The number of ether oxygens (including phenoxy) is 1. The van der Waals surface area contributed by atoms with Gasteiger partial charge in [0.25, 0.3) is 11.8 Å². The van der Waals surface area contributed by atoms with E-state index < -0.39 is 5.91 Å². The lowest BCUT2D eigenvalue weighted by atomic mass is 10.1. The number of hydrogen-bond donors (Lipinski definition) is 3. The van der Waals surface area contributed by atoms with Crippen LogP contribution in [0.3, 0.4) is 0 Å². The van der Waals surface area contributed by atoms with Crippen LogP contribution in [0.1, 0.15) is 34.1 Å². The molecule has 120 valence electrons. The average molecular weight is 324 g/mol. The van der Waals surface area contributed by atoms with Gasteiger partial charge in [-0.1, -0.05) is 0 Å². The van der Waals surface area contributed by atoms with E-state index in [1.54, 1.807) is 0 Å². The van der Waals surface area contributed by atoms with Crippen LogP contribution in [0.5, 0.6) is 0 Å². The van der Waals surface area contributed by atoms with Gasteiger partial charge in [-0.15, -0.1) is 11.3 Å². The van der Waals surface area contributed by atoms with Crippen LogP contribution in [0.25, 0.3) is 0 Å². The van der Waals surface area contributed by atoms with Crippen LogP contribution >= 0.6 is 11.3 Å². The molecule has 4 N–H and O–H groups in total. The number of anilines is 1.